The highest BCUT2D eigenvalue weighted by Gasteiger charge is 2.38. The Balaban J connectivity index is 2.42. The molecule has 1 aromatic carbocycles. The third kappa shape index (κ3) is 3.93. The minimum absolute atomic E-state index is 0.172. The van der Waals surface area contributed by atoms with Gasteiger partial charge in [-0.2, -0.15) is 11.1 Å². The van der Waals surface area contributed by atoms with Gasteiger partial charge in [-0.05, 0) is 10.6 Å². The fourth-order valence-corrected chi connectivity index (χ4v) is 2.30. The van der Waals surface area contributed by atoms with Crippen LogP contribution in [0.3, 0.4) is 0 Å². The summed E-state index contributed by atoms with van der Waals surface area (Å²) >= 11 is 6.59. The molecule has 3 heteroatoms. The van der Waals surface area contributed by atoms with Crippen LogP contribution in [0.1, 0.15) is 26.3 Å². The molecule has 0 N–H and O–H groups in total. The van der Waals surface area contributed by atoms with E-state index in [4.69, 9.17) is 15.8 Å². The average molecular weight is 257 g/mol. The molecule has 0 aliphatic carbocycles. The molecule has 0 aromatic heterocycles. The van der Waals surface area contributed by atoms with E-state index in [9.17, 15) is 0 Å². The van der Waals surface area contributed by atoms with Crippen LogP contribution in [0.5, 0.6) is 0 Å². The Kier molecular flexibility index (Phi) is 4.59. The summed E-state index contributed by atoms with van der Waals surface area (Å²) in [5, 5.41) is 0.172. The van der Waals surface area contributed by atoms with E-state index >= 15 is 0 Å². The normalized spacial score (nSPS) is 15.8. The predicted molar refractivity (Wildman–Crippen MR) is 73.3 cm³/mol. The first-order chi connectivity index (χ1) is 7.33. The van der Waals surface area contributed by atoms with Gasteiger partial charge in [-0.1, -0.05) is 57.7 Å². The maximum absolute atomic E-state index is 6.59. The van der Waals surface area contributed by atoms with Crippen molar-refractivity contribution in [3.63, 3.8) is 0 Å². The van der Waals surface area contributed by atoms with Crippen molar-refractivity contribution in [2.45, 2.75) is 39.0 Å². The lowest BCUT2D eigenvalue weighted by atomic mass is 10.2. The number of ether oxygens (including phenoxy) is 1. The minimum atomic E-state index is -1.81. The number of hydrogen-bond acceptors (Lipinski definition) is 1. The number of hydrogen-bond donors (Lipinski definition) is 0. The summed E-state index contributed by atoms with van der Waals surface area (Å²) in [6.45, 7) is 9.40. The average Bonchev–Trinajstić information content (AvgIpc) is 2.17. The number of rotatable bonds is 4. The van der Waals surface area contributed by atoms with Gasteiger partial charge >= 0.3 is 0 Å². The predicted octanol–water partition coefficient (Wildman–Crippen LogP) is 4.36. The molecule has 90 valence electrons. The van der Waals surface area contributed by atoms with E-state index in [1.807, 2.05) is 18.2 Å². The van der Waals surface area contributed by atoms with Crippen molar-refractivity contribution >= 4 is 18.5 Å². The molecule has 16 heavy (non-hydrogen) atoms. The van der Waals surface area contributed by atoms with Crippen LogP contribution in [0.2, 0.25) is 11.6 Å². The van der Waals surface area contributed by atoms with Gasteiger partial charge in [0, 0.05) is 0 Å². The molecule has 0 fully saturated rings. The Morgan fingerprint density at radius 2 is 1.75 bits per heavy atom. The Labute approximate surface area is 104 Å². The highest BCUT2D eigenvalue weighted by atomic mass is 35.6. The second-order valence-electron chi connectivity index (χ2n) is 5.43. The first-order valence-electron chi connectivity index (χ1n) is 5.63. The van der Waals surface area contributed by atoms with Gasteiger partial charge in [-0.25, -0.2) is 0 Å². The molecular weight excluding hydrogens is 236 g/mol. The van der Waals surface area contributed by atoms with Crippen molar-refractivity contribution < 1.29 is 4.74 Å². The van der Waals surface area contributed by atoms with Gasteiger partial charge in [0.15, 0.2) is 7.38 Å². The molecular formula is C13H21ClOSi. The largest absolute Gasteiger partial charge is 0.379 e. The Bertz CT molecular complexity index is 316. The van der Waals surface area contributed by atoms with Gasteiger partial charge in [0.2, 0.25) is 0 Å². The first kappa shape index (κ1) is 13.8. The second-order valence-corrected chi connectivity index (χ2v) is 12.1. The molecule has 1 nitrogen and oxygen atoms in total. The third-order valence-electron chi connectivity index (χ3n) is 3.05. The topological polar surface area (TPSA) is 9.23 Å². The molecule has 0 aliphatic heterocycles. The smallest absolute Gasteiger partial charge is 0.184 e. The molecule has 1 rings (SSSR count). The lowest BCUT2D eigenvalue weighted by Crippen LogP contribution is -2.40. The van der Waals surface area contributed by atoms with E-state index in [-0.39, 0.29) is 5.04 Å². The number of benzene rings is 1. The van der Waals surface area contributed by atoms with Crippen molar-refractivity contribution in [1.82, 2.24) is 0 Å². The van der Waals surface area contributed by atoms with Crippen molar-refractivity contribution in [3.05, 3.63) is 35.9 Å². The highest BCUT2D eigenvalue weighted by molar-refractivity contribution is 7.21. The van der Waals surface area contributed by atoms with Crippen molar-refractivity contribution in [2.75, 3.05) is 6.23 Å². The van der Waals surface area contributed by atoms with Crippen LogP contribution in [0.4, 0.5) is 0 Å². The van der Waals surface area contributed by atoms with Crippen LogP contribution in [-0.2, 0) is 11.3 Å². The fraction of sp³-hybridized carbons (Fsp3) is 0.538. The van der Waals surface area contributed by atoms with Crippen LogP contribution in [0, 0.1) is 0 Å². The van der Waals surface area contributed by atoms with E-state index in [2.05, 4.69) is 39.5 Å². The number of halogens is 1. The van der Waals surface area contributed by atoms with E-state index in [0.29, 0.717) is 12.8 Å². The minimum Gasteiger partial charge on any atom is -0.379 e. The Hall–Kier alpha value is -0.313. The fourth-order valence-electron chi connectivity index (χ4n) is 1.15. The zero-order valence-electron chi connectivity index (χ0n) is 10.6. The van der Waals surface area contributed by atoms with Gasteiger partial charge in [-0.3, -0.25) is 0 Å². The molecule has 0 amide bonds. The van der Waals surface area contributed by atoms with Gasteiger partial charge in [0.1, 0.15) is 0 Å². The maximum atomic E-state index is 6.59. The van der Waals surface area contributed by atoms with E-state index in [1.54, 1.807) is 0 Å². The maximum Gasteiger partial charge on any atom is 0.184 e. The van der Waals surface area contributed by atoms with Crippen LogP contribution >= 0.6 is 11.1 Å². The summed E-state index contributed by atoms with van der Waals surface area (Å²) in [4.78, 5) is 0. The van der Waals surface area contributed by atoms with E-state index in [1.165, 1.54) is 5.56 Å². The standard InChI is InChI=1S/C13H21ClOSi/c1-13(2,3)16(4,14)11-15-10-12-8-6-5-7-9-12/h5-9H,10-11H2,1-4H3/t16-/m1/s1. The summed E-state index contributed by atoms with van der Waals surface area (Å²) in [7, 11) is -1.81. The van der Waals surface area contributed by atoms with Crippen molar-refractivity contribution in [3.8, 4) is 0 Å². The highest BCUT2D eigenvalue weighted by Crippen LogP contribution is 2.38. The van der Waals surface area contributed by atoms with Crippen LogP contribution in [-0.4, -0.2) is 13.6 Å². The molecule has 1 aromatic rings. The second kappa shape index (κ2) is 5.35. The van der Waals surface area contributed by atoms with Gasteiger partial charge in [0.05, 0.1) is 12.8 Å². The summed E-state index contributed by atoms with van der Waals surface area (Å²) in [5.74, 6) is 0. The Morgan fingerprint density at radius 1 is 1.19 bits per heavy atom. The van der Waals surface area contributed by atoms with Gasteiger partial charge < -0.3 is 4.74 Å². The summed E-state index contributed by atoms with van der Waals surface area (Å²) in [6.07, 6.45) is 0.701. The van der Waals surface area contributed by atoms with Crippen LogP contribution < -0.4 is 0 Å². The van der Waals surface area contributed by atoms with Gasteiger partial charge in [0.25, 0.3) is 0 Å². The molecule has 0 spiro atoms. The zero-order chi connectivity index (χ0) is 12.2. The summed E-state index contributed by atoms with van der Waals surface area (Å²) < 4.78 is 5.74. The van der Waals surface area contributed by atoms with E-state index in [0.717, 1.165) is 0 Å². The summed E-state index contributed by atoms with van der Waals surface area (Å²) in [5.41, 5.74) is 1.21. The molecule has 0 heterocycles. The molecule has 0 unspecified atom stereocenters. The molecule has 0 saturated carbocycles. The molecule has 0 radical (unpaired) electrons. The first-order valence-corrected chi connectivity index (χ1v) is 9.35. The Morgan fingerprint density at radius 3 is 2.25 bits per heavy atom. The van der Waals surface area contributed by atoms with Crippen molar-refractivity contribution in [2.24, 2.45) is 0 Å². The lowest BCUT2D eigenvalue weighted by molar-refractivity contribution is 0.158. The summed E-state index contributed by atoms with van der Waals surface area (Å²) in [6, 6.07) is 10.2. The van der Waals surface area contributed by atoms with E-state index < -0.39 is 7.38 Å². The monoisotopic (exact) mass is 256 g/mol. The third-order valence-corrected chi connectivity index (χ3v) is 8.95. The van der Waals surface area contributed by atoms with Gasteiger partial charge in [-0.15, -0.1) is 0 Å². The molecule has 1 atom stereocenters. The molecule has 0 aliphatic rings. The lowest BCUT2D eigenvalue weighted by Gasteiger charge is -2.33. The zero-order valence-corrected chi connectivity index (χ0v) is 12.3. The molecule has 0 bridgehead atoms. The van der Waals surface area contributed by atoms with Crippen molar-refractivity contribution in [1.29, 1.82) is 0 Å². The van der Waals surface area contributed by atoms with Crippen LogP contribution in [0.15, 0.2) is 30.3 Å². The van der Waals surface area contributed by atoms with Crippen LogP contribution in [0.25, 0.3) is 0 Å². The molecule has 0 saturated heterocycles. The SMILES string of the molecule is CC(C)(C)[Si@](C)(Cl)COCc1ccccc1. The quantitative estimate of drug-likeness (QED) is 0.575.